The molecular formula is C12H21N3O4. The number of hydrogen-bond donors (Lipinski definition) is 4. The van der Waals surface area contributed by atoms with Gasteiger partial charge in [0, 0.05) is 18.4 Å². The van der Waals surface area contributed by atoms with Gasteiger partial charge < -0.3 is 21.5 Å². The standard InChI is InChI=1S/C12H21N3O4/c13-11(18)8-3-1-2-4-9(8)12(19)15-7-10(17)14-5-6-16/h8-9,16H,1-7H2,(H2,13,18)(H,14,17)(H,15,19)/t8-,9+/m0/s1. The summed E-state index contributed by atoms with van der Waals surface area (Å²) >= 11 is 0. The number of rotatable bonds is 6. The van der Waals surface area contributed by atoms with E-state index in [4.69, 9.17) is 10.8 Å². The summed E-state index contributed by atoms with van der Waals surface area (Å²) in [5.74, 6) is -1.99. The normalized spacial score (nSPS) is 22.6. The SMILES string of the molecule is NC(=O)[C@H]1CCCC[C@H]1C(=O)NCC(=O)NCCO. The van der Waals surface area contributed by atoms with Crippen molar-refractivity contribution < 1.29 is 19.5 Å². The Balaban J connectivity index is 2.42. The van der Waals surface area contributed by atoms with E-state index in [1.807, 2.05) is 0 Å². The molecule has 0 aromatic heterocycles. The topological polar surface area (TPSA) is 122 Å². The van der Waals surface area contributed by atoms with Crippen LogP contribution in [0.25, 0.3) is 0 Å². The maximum absolute atomic E-state index is 11.9. The Labute approximate surface area is 111 Å². The third kappa shape index (κ3) is 4.86. The van der Waals surface area contributed by atoms with Crippen LogP contribution in [-0.2, 0) is 14.4 Å². The second kappa shape index (κ2) is 7.73. The van der Waals surface area contributed by atoms with Crippen molar-refractivity contribution in [3.05, 3.63) is 0 Å². The number of primary amides is 1. The van der Waals surface area contributed by atoms with E-state index in [1.54, 1.807) is 0 Å². The lowest BCUT2D eigenvalue weighted by molar-refractivity contribution is -0.135. The Morgan fingerprint density at radius 3 is 2.32 bits per heavy atom. The summed E-state index contributed by atoms with van der Waals surface area (Å²) in [6, 6.07) is 0. The van der Waals surface area contributed by atoms with E-state index >= 15 is 0 Å². The molecule has 5 N–H and O–H groups in total. The number of aliphatic hydroxyl groups is 1. The summed E-state index contributed by atoms with van der Waals surface area (Å²) in [6.45, 7) is -0.144. The lowest BCUT2D eigenvalue weighted by atomic mass is 9.78. The number of hydrogen-bond acceptors (Lipinski definition) is 4. The highest BCUT2D eigenvalue weighted by molar-refractivity contribution is 5.89. The molecule has 1 aliphatic rings. The second-order valence-corrected chi connectivity index (χ2v) is 4.69. The van der Waals surface area contributed by atoms with E-state index in [1.165, 1.54) is 0 Å². The maximum Gasteiger partial charge on any atom is 0.239 e. The molecule has 1 fully saturated rings. The lowest BCUT2D eigenvalue weighted by Gasteiger charge is -2.28. The van der Waals surface area contributed by atoms with Crippen molar-refractivity contribution in [1.29, 1.82) is 0 Å². The zero-order valence-electron chi connectivity index (χ0n) is 10.9. The van der Waals surface area contributed by atoms with Gasteiger partial charge >= 0.3 is 0 Å². The molecule has 0 unspecified atom stereocenters. The number of nitrogens with one attached hydrogen (secondary N) is 2. The maximum atomic E-state index is 11.9. The molecule has 108 valence electrons. The van der Waals surface area contributed by atoms with Crippen molar-refractivity contribution in [2.45, 2.75) is 25.7 Å². The third-order valence-electron chi connectivity index (χ3n) is 3.33. The van der Waals surface area contributed by atoms with Gasteiger partial charge in [0.1, 0.15) is 0 Å². The van der Waals surface area contributed by atoms with Crippen LogP contribution >= 0.6 is 0 Å². The highest BCUT2D eigenvalue weighted by atomic mass is 16.3. The Kier molecular flexibility index (Phi) is 6.27. The van der Waals surface area contributed by atoms with Crippen molar-refractivity contribution in [1.82, 2.24) is 10.6 Å². The molecule has 19 heavy (non-hydrogen) atoms. The minimum absolute atomic E-state index is 0.147. The largest absolute Gasteiger partial charge is 0.395 e. The van der Waals surface area contributed by atoms with Crippen molar-refractivity contribution in [3.8, 4) is 0 Å². The molecule has 7 nitrogen and oxygen atoms in total. The van der Waals surface area contributed by atoms with Crippen molar-refractivity contribution in [2.24, 2.45) is 17.6 Å². The monoisotopic (exact) mass is 271 g/mol. The van der Waals surface area contributed by atoms with Gasteiger partial charge in [-0.15, -0.1) is 0 Å². The first kappa shape index (κ1) is 15.4. The summed E-state index contributed by atoms with van der Waals surface area (Å²) in [5.41, 5.74) is 5.29. The summed E-state index contributed by atoms with van der Waals surface area (Å²) in [7, 11) is 0. The Hall–Kier alpha value is -1.63. The fraction of sp³-hybridized carbons (Fsp3) is 0.750. The first-order valence-electron chi connectivity index (χ1n) is 6.51. The molecular weight excluding hydrogens is 250 g/mol. The van der Waals surface area contributed by atoms with Gasteiger partial charge in [0.25, 0.3) is 0 Å². The highest BCUT2D eigenvalue weighted by Crippen LogP contribution is 2.29. The van der Waals surface area contributed by atoms with E-state index in [0.717, 1.165) is 12.8 Å². The van der Waals surface area contributed by atoms with Crippen LogP contribution in [-0.4, -0.2) is 42.5 Å². The van der Waals surface area contributed by atoms with Gasteiger partial charge in [-0.3, -0.25) is 14.4 Å². The fourth-order valence-corrected chi connectivity index (χ4v) is 2.34. The molecule has 0 radical (unpaired) electrons. The number of carbonyl (C=O) groups excluding carboxylic acids is 3. The summed E-state index contributed by atoms with van der Waals surface area (Å²) in [5, 5.41) is 13.5. The predicted molar refractivity (Wildman–Crippen MR) is 67.7 cm³/mol. The third-order valence-corrected chi connectivity index (χ3v) is 3.33. The van der Waals surface area contributed by atoms with E-state index in [0.29, 0.717) is 12.8 Å². The molecule has 0 aromatic rings. The number of carbonyl (C=O) groups is 3. The molecule has 0 aromatic carbocycles. The molecule has 1 rings (SSSR count). The van der Waals surface area contributed by atoms with Crippen LogP contribution in [0.5, 0.6) is 0 Å². The van der Waals surface area contributed by atoms with Gasteiger partial charge in [-0.1, -0.05) is 12.8 Å². The van der Waals surface area contributed by atoms with Gasteiger partial charge in [-0.2, -0.15) is 0 Å². The number of nitrogens with two attached hydrogens (primary N) is 1. The first-order chi connectivity index (χ1) is 9.06. The van der Waals surface area contributed by atoms with E-state index in [2.05, 4.69) is 10.6 Å². The van der Waals surface area contributed by atoms with Gasteiger partial charge in [-0.05, 0) is 12.8 Å². The van der Waals surface area contributed by atoms with Gasteiger partial charge in [0.15, 0.2) is 0 Å². The Morgan fingerprint density at radius 1 is 1.11 bits per heavy atom. The highest BCUT2D eigenvalue weighted by Gasteiger charge is 2.34. The lowest BCUT2D eigenvalue weighted by Crippen LogP contribution is -2.45. The van der Waals surface area contributed by atoms with Crippen molar-refractivity contribution >= 4 is 17.7 Å². The molecule has 2 atom stereocenters. The quantitative estimate of drug-likeness (QED) is 0.470. The average molecular weight is 271 g/mol. The average Bonchev–Trinajstić information content (AvgIpc) is 2.42. The molecule has 0 spiro atoms. The molecule has 0 aliphatic heterocycles. The molecule has 1 saturated carbocycles. The first-order valence-corrected chi connectivity index (χ1v) is 6.51. The van der Waals surface area contributed by atoms with E-state index in [-0.39, 0.29) is 31.5 Å². The zero-order valence-corrected chi connectivity index (χ0v) is 10.9. The van der Waals surface area contributed by atoms with Gasteiger partial charge in [-0.25, -0.2) is 0 Å². The van der Waals surface area contributed by atoms with E-state index in [9.17, 15) is 14.4 Å². The van der Waals surface area contributed by atoms with Gasteiger partial charge in [0.2, 0.25) is 17.7 Å². The minimum atomic E-state index is -0.454. The van der Waals surface area contributed by atoms with Crippen LogP contribution in [0.4, 0.5) is 0 Å². The summed E-state index contributed by atoms with van der Waals surface area (Å²) < 4.78 is 0. The van der Waals surface area contributed by atoms with Crippen LogP contribution in [0.2, 0.25) is 0 Å². The molecule has 0 heterocycles. The Morgan fingerprint density at radius 2 is 1.74 bits per heavy atom. The van der Waals surface area contributed by atoms with Crippen LogP contribution in [0, 0.1) is 11.8 Å². The molecule has 7 heteroatoms. The smallest absolute Gasteiger partial charge is 0.239 e. The molecule has 1 aliphatic carbocycles. The molecule has 3 amide bonds. The van der Waals surface area contributed by atoms with Crippen LogP contribution < -0.4 is 16.4 Å². The van der Waals surface area contributed by atoms with E-state index < -0.39 is 17.7 Å². The summed E-state index contributed by atoms with van der Waals surface area (Å²) in [4.78, 5) is 34.5. The summed E-state index contributed by atoms with van der Waals surface area (Å²) in [6.07, 6.45) is 3.04. The van der Waals surface area contributed by atoms with Crippen molar-refractivity contribution in [3.63, 3.8) is 0 Å². The van der Waals surface area contributed by atoms with Crippen LogP contribution in [0.3, 0.4) is 0 Å². The zero-order chi connectivity index (χ0) is 14.3. The fourth-order valence-electron chi connectivity index (χ4n) is 2.34. The number of aliphatic hydroxyl groups excluding tert-OH is 1. The Bertz CT molecular complexity index is 346. The molecule has 0 saturated heterocycles. The van der Waals surface area contributed by atoms with Crippen LogP contribution in [0.1, 0.15) is 25.7 Å². The predicted octanol–water partition coefficient (Wildman–Crippen LogP) is -1.50. The van der Waals surface area contributed by atoms with Crippen LogP contribution in [0.15, 0.2) is 0 Å². The molecule has 0 bridgehead atoms. The number of amides is 3. The van der Waals surface area contributed by atoms with Gasteiger partial charge in [0.05, 0.1) is 13.2 Å². The second-order valence-electron chi connectivity index (χ2n) is 4.69. The van der Waals surface area contributed by atoms with Crippen molar-refractivity contribution in [2.75, 3.05) is 19.7 Å². The minimum Gasteiger partial charge on any atom is -0.395 e.